The number of benzene rings is 3. The molecule has 0 atom stereocenters. The second-order valence-corrected chi connectivity index (χ2v) is 8.95. The Morgan fingerprint density at radius 2 is 1.55 bits per heavy atom. The predicted molar refractivity (Wildman–Crippen MR) is 143 cm³/mol. The van der Waals surface area contributed by atoms with Crippen LogP contribution < -0.4 is 19.5 Å². The fraction of sp³-hybridized carbons (Fsp3) is 0.241. The molecule has 0 saturated carbocycles. The second-order valence-electron chi connectivity index (χ2n) is 8.95. The molecule has 4 rings (SSSR count). The molecule has 0 bridgehead atoms. The average molecular weight is 557 g/mol. The number of aromatic nitrogens is 1. The average Bonchev–Trinajstić information content (AvgIpc) is 3.22. The number of carbonyl (C=O) groups is 2. The van der Waals surface area contributed by atoms with Crippen LogP contribution in [0.3, 0.4) is 0 Å². The Morgan fingerprint density at radius 3 is 2.12 bits per heavy atom. The van der Waals surface area contributed by atoms with Crippen LogP contribution in [0.1, 0.15) is 38.2 Å². The zero-order valence-corrected chi connectivity index (χ0v) is 22.1. The van der Waals surface area contributed by atoms with E-state index in [1.165, 1.54) is 19.1 Å². The molecule has 1 amide bonds. The van der Waals surface area contributed by atoms with Gasteiger partial charge in [-0.25, -0.2) is 4.79 Å². The lowest BCUT2D eigenvalue weighted by molar-refractivity contribution is -0.274. The van der Waals surface area contributed by atoms with Crippen LogP contribution in [0.5, 0.6) is 23.0 Å². The van der Waals surface area contributed by atoms with E-state index in [-0.39, 0.29) is 29.8 Å². The fourth-order valence-electron chi connectivity index (χ4n) is 4.11. The summed E-state index contributed by atoms with van der Waals surface area (Å²) in [6.45, 7) is 6.92. The van der Waals surface area contributed by atoms with Crippen LogP contribution in [-0.4, -0.2) is 35.9 Å². The van der Waals surface area contributed by atoms with Crippen molar-refractivity contribution in [2.24, 2.45) is 0 Å². The number of alkyl halides is 3. The van der Waals surface area contributed by atoms with Crippen LogP contribution in [-0.2, 0) is 9.53 Å². The summed E-state index contributed by atoms with van der Waals surface area (Å²) in [5.74, 6) is -0.278. The SMILES string of the molecule is CCOC(=O)c1[nH]c2ccc(Oc3ccc(OC(F)(F)F)cc3)c(-c3ccc(OC(C)C)cc3)c2c1NC(C)=O. The zero-order chi connectivity index (χ0) is 29.0. The molecule has 1 heterocycles. The predicted octanol–water partition coefficient (Wildman–Crippen LogP) is 7.45. The minimum absolute atomic E-state index is 0.0411. The lowest BCUT2D eigenvalue weighted by Gasteiger charge is -2.16. The third kappa shape index (κ3) is 6.66. The van der Waals surface area contributed by atoms with Crippen LogP contribution >= 0.6 is 0 Å². The Bertz CT molecular complexity index is 1510. The van der Waals surface area contributed by atoms with E-state index in [2.05, 4.69) is 15.0 Å². The number of anilines is 1. The molecular formula is C29H27F3N2O6. The topological polar surface area (TPSA) is 98.9 Å². The van der Waals surface area contributed by atoms with E-state index in [0.717, 1.165) is 12.1 Å². The van der Waals surface area contributed by atoms with Gasteiger partial charge in [0.2, 0.25) is 5.91 Å². The number of esters is 1. The number of H-pyrrole nitrogens is 1. The number of amides is 1. The van der Waals surface area contributed by atoms with E-state index in [9.17, 15) is 22.8 Å². The fourth-order valence-corrected chi connectivity index (χ4v) is 4.11. The van der Waals surface area contributed by atoms with Crippen molar-refractivity contribution in [1.29, 1.82) is 0 Å². The van der Waals surface area contributed by atoms with Gasteiger partial charge in [-0.1, -0.05) is 12.1 Å². The van der Waals surface area contributed by atoms with Gasteiger partial charge in [0, 0.05) is 23.4 Å². The molecule has 0 aliphatic heterocycles. The van der Waals surface area contributed by atoms with Gasteiger partial charge in [0.05, 0.1) is 18.4 Å². The molecule has 1 aromatic heterocycles. The van der Waals surface area contributed by atoms with Crippen molar-refractivity contribution in [1.82, 2.24) is 4.98 Å². The van der Waals surface area contributed by atoms with Crippen LogP contribution in [0.25, 0.3) is 22.0 Å². The summed E-state index contributed by atoms with van der Waals surface area (Å²) in [5, 5.41) is 3.21. The quantitative estimate of drug-likeness (QED) is 0.208. The largest absolute Gasteiger partial charge is 0.573 e. The summed E-state index contributed by atoms with van der Waals surface area (Å²) in [4.78, 5) is 28.0. The number of hydrogen-bond donors (Lipinski definition) is 2. The Labute approximate surface area is 228 Å². The van der Waals surface area contributed by atoms with E-state index in [1.54, 1.807) is 43.3 Å². The number of ether oxygens (including phenoxy) is 4. The Balaban J connectivity index is 1.88. The van der Waals surface area contributed by atoms with Gasteiger partial charge in [-0.3, -0.25) is 4.79 Å². The summed E-state index contributed by atoms with van der Waals surface area (Å²) < 4.78 is 58.7. The Kier molecular flexibility index (Phi) is 8.22. The van der Waals surface area contributed by atoms with Crippen molar-refractivity contribution in [3.05, 3.63) is 66.4 Å². The van der Waals surface area contributed by atoms with Crippen LogP contribution in [0.4, 0.5) is 18.9 Å². The van der Waals surface area contributed by atoms with Crippen molar-refractivity contribution in [3.8, 4) is 34.1 Å². The minimum Gasteiger partial charge on any atom is -0.491 e. The molecule has 0 aliphatic rings. The molecule has 0 spiro atoms. The highest BCUT2D eigenvalue weighted by atomic mass is 19.4. The van der Waals surface area contributed by atoms with Crippen LogP contribution in [0, 0.1) is 0 Å². The maximum atomic E-state index is 12.8. The molecule has 8 nitrogen and oxygen atoms in total. The lowest BCUT2D eigenvalue weighted by atomic mass is 9.99. The van der Waals surface area contributed by atoms with Crippen molar-refractivity contribution in [2.75, 3.05) is 11.9 Å². The first-order chi connectivity index (χ1) is 18.9. The second kappa shape index (κ2) is 11.6. The summed E-state index contributed by atoms with van der Waals surface area (Å²) in [5.41, 5.74) is 1.96. The van der Waals surface area contributed by atoms with Crippen LogP contribution in [0.15, 0.2) is 60.7 Å². The molecule has 0 unspecified atom stereocenters. The van der Waals surface area contributed by atoms with Gasteiger partial charge in [0.1, 0.15) is 28.7 Å². The lowest BCUT2D eigenvalue weighted by Crippen LogP contribution is -2.16. The van der Waals surface area contributed by atoms with Gasteiger partial charge in [0.25, 0.3) is 0 Å². The number of aromatic amines is 1. The minimum atomic E-state index is -4.82. The molecule has 3 aromatic carbocycles. The Morgan fingerprint density at radius 1 is 0.925 bits per heavy atom. The maximum Gasteiger partial charge on any atom is 0.573 e. The van der Waals surface area contributed by atoms with Crippen molar-refractivity contribution >= 4 is 28.5 Å². The molecule has 0 radical (unpaired) electrons. The molecule has 40 heavy (non-hydrogen) atoms. The maximum absolute atomic E-state index is 12.8. The van der Waals surface area contributed by atoms with Gasteiger partial charge in [-0.15, -0.1) is 13.2 Å². The third-order valence-corrected chi connectivity index (χ3v) is 5.51. The molecule has 11 heteroatoms. The van der Waals surface area contributed by atoms with Crippen molar-refractivity contribution < 1.29 is 41.7 Å². The van der Waals surface area contributed by atoms with E-state index in [4.69, 9.17) is 14.2 Å². The third-order valence-electron chi connectivity index (χ3n) is 5.51. The number of fused-ring (bicyclic) bond motifs is 1. The monoisotopic (exact) mass is 556 g/mol. The normalized spacial score (nSPS) is 11.4. The van der Waals surface area contributed by atoms with E-state index < -0.39 is 24.0 Å². The van der Waals surface area contributed by atoms with E-state index >= 15 is 0 Å². The number of carbonyl (C=O) groups excluding carboxylic acids is 2. The summed E-state index contributed by atoms with van der Waals surface area (Å²) >= 11 is 0. The first-order valence-corrected chi connectivity index (χ1v) is 12.4. The highest BCUT2D eigenvalue weighted by molar-refractivity contribution is 6.16. The Hall–Kier alpha value is -4.67. The smallest absolute Gasteiger partial charge is 0.491 e. The summed E-state index contributed by atoms with van der Waals surface area (Å²) in [7, 11) is 0. The number of nitrogens with one attached hydrogen (secondary N) is 2. The number of halogens is 3. The standard InChI is InChI=1S/C29H27F3N2O6/c1-5-37-28(36)27-26(33-17(4)35)25-22(34-27)14-15-23(24(25)18-6-8-19(9-7-18)38-16(2)3)39-20-10-12-21(13-11-20)40-29(30,31)32/h6-16,34H,5H2,1-4H3,(H,33,35). The summed E-state index contributed by atoms with van der Waals surface area (Å²) in [6, 6.07) is 15.4. The van der Waals surface area contributed by atoms with E-state index in [0.29, 0.717) is 33.5 Å². The molecule has 210 valence electrons. The molecule has 0 saturated heterocycles. The molecular weight excluding hydrogens is 529 g/mol. The zero-order valence-electron chi connectivity index (χ0n) is 22.1. The molecule has 0 aliphatic carbocycles. The van der Waals surface area contributed by atoms with Gasteiger partial charge >= 0.3 is 12.3 Å². The molecule has 4 aromatic rings. The van der Waals surface area contributed by atoms with Crippen molar-refractivity contribution in [2.45, 2.75) is 40.2 Å². The van der Waals surface area contributed by atoms with Crippen LogP contribution in [0.2, 0.25) is 0 Å². The summed E-state index contributed by atoms with van der Waals surface area (Å²) in [6.07, 6.45) is -4.86. The van der Waals surface area contributed by atoms with E-state index in [1.807, 2.05) is 13.8 Å². The van der Waals surface area contributed by atoms with Gasteiger partial charge in [-0.2, -0.15) is 0 Å². The number of hydrogen-bond acceptors (Lipinski definition) is 6. The number of rotatable bonds is 9. The first kappa shape index (κ1) is 28.3. The van der Waals surface area contributed by atoms with Gasteiger partial charge in [0.15, 0.2) is 0 Å². The van der Waals surface area contributed by atoms with Gasteiger partial charge < -0.3 is 29.2 Å². The van der Waals surface area contributed by atoms with Crippen molar-refractivity contribution in [3.63, 3.8) is 0 Å². The highest BCUT2D eigenvalue weighted by Gasteiger charge is 2.31. The molecule has 0 fully saturated rings. The molecule has 2 N–H and O–H groups in total. The van der Waals surface area contributed by atoms with Gasteiger partial charge in [-0.05, 0) is 74.9 Å². The highest BCUT2D eigenvalue weighted by Crippen LogP contribution is 2.44. The first-order valence-electron chi connectivity index (χ1n) is 12.4.